The molecule has 128 valence electrons. The van der Waals surface area contributed by atoms with E-state index in [2.05, 4.69) is 0 Å². The number of carbonyl (C=O) groups is 1. The normalized spacial score (nSPS) is 18.2. The van der Waals surface area contributed by atoms with Crippen molar-refractivity contribution < 1.29 is 14.6 Å². The maximum absolute atomic E-state index is 12.2. The number of hydrogen-bond acceptors (Lipinski definition) is 6. The molecule has 1 aromatic carbocycles. The zero-order valence-electron chi connectivity index (χ0n) is 13.1. The van der Waals surface area contributed by atoms with Crippen LogP contribution in [0.25, 0.3) is 0 Å². The van der Waals surface area contributed by atoms with Crippen molar-refractivity contribution in [3.63, 3.8) is 0 Å². The van der Waals surface area contributed by atoms with Crippen LogP contribution in [0.3, 0.4) is 0 Å². The van der Waals surface area contributed by atoms with Crippen LogP contribution in [0, 0.1) is 26.1 Å². The maximum atomic E-state index is 12.2. The van der Waals surface area contributed by atoms with Crippen molar-refractivity contribution in [2.75, 3.05) is 31.1 Å². The molecule has 3 rings (SSSR count). The van der Waals surface area contributed by atoms with Crippen LogP contribution >= 0.6 is 0 Å². The smallest absolute Gasteiger partial charge is 0.299 e. The average molecular weight is 334 g/mol. The van der Waals surface area contributed by atoms with Crippen molar-refractivity contribution in [2.24, 2.45) is 5.92 Å². The molecule has 2 aliphatic rings. The Kier molecular flexibility index (Phi) is 4.32. The van der Waals surface area contributed by atoms with Gasteiger partial charge in [-0.05, 0) is 25.3 Å². The lowest BCUT2D eigenvalue weighted by Crippen LogP contribution is -2.36. The van der Waals surface area contributed by atoms with E-state index in [4.69, 9.17) is 0 Å². The Bertz CT molecular complexity index is 688. The third-order valence-electron chi connectivity index (χ3n) is 4.44. The number of hydrogen-bond donors (Lipinski definition) is 0. The summed E-state index contributed by atoms with van der Waals surface area (Å²) in [4.78, 5) is 36.7. The lowest BCUT2D eigenvalue weighted by atomic mass is 10.2. The van der Waals surface area contributed by atoms with Gasteiger partial charge in [0.2, 0.25) is 5.91 Å². The number of amides is 1. The first kappa shape index (κ1) is 16.2. The molecule has 1 amide bonds. The number of nitro benzene ring substituents is 2. The molecular weight excluding hydrogens is 316 g/mol. The molecule has 9 heteroatoms. The van der Waals surface area contributed by atoms with Gasteiger partial charge in [0, 0.05) is 38.2 Å². The van der Waals surface area contributed by atoms with Crippen molar-refractivity contribution in [1.82, 2.24) is 4.90 Å². The highest BCUT2D eigenvalue weighted by atomic mass is 16.6. The Balaban J connectivity index is 1.79. The SMILES string of the molecule is O=C(C1CC1)N1CCCN(c2ccc([N+](=O)[O-])cc2[N+](=O)[O-])CC1. The van der Waals surface area contributed by atoms with Gasteiger partial charge in [-0.25, -0.2) is 0 Å². The summed E-state index contributed by atoms with van der Waals surface area (Å²) < 4.78 is 0. The molecule has 1 aliphatic carbocycles. The first-order valence-corrected chi connectivity index (χ1v) is 7.94. The quantitative estimate of drug-likeness (QED) is 0.615. The zero-order valence-corrected chi connectivity index (χ0v) is 13.1. The number of benzene rings is 1. The average Bonchev–Trinajstić information content (AvgIpc) is 3.40. The molecule has 1 aromatic rings. The lowest BCUT2D eigenvalue weighted by molar-refractivity contribution is -0.393. The minimum Gasteiger partial charge on any atom is -0.364 e. The van der Waals surface area contributed by atoms with Crippen LogP contribution in [0.2, 0.25) is 0 Å². The van der Waals surface area contributed by atoms with Crippen LogP contribution in [0.4, 0.5) is 17.1 Å². The zero-order chi connectivity index (χ0) is 17.3. The van der Waals surface area contributed by atoms with Crippen molar-refractivity contribution >= 4 is 23.0 Å². The summed E-state index contributed by atoms with van der Waals surface area (Å²) in [6.07, 6.45) is 2.62. The number of nitro groups is 2. The highest BCUT2D eigenvalue weighted by Crippen LogP contribution is 2.34. The van der Waals surface area contributed by atoms with Crippen LogP contribution in [-0.2, 0) is 4.79 Å². The summed E-state index contributed by atoms with van der Waals surface area (Å²) >= 11 is 0. The fourth-order valence-electron chi connectivity index (χ4n) is 3.01. The van der Waals surface area contributed by atoms with Gasteiger partial charge < -0.3 is 9.80 Å². The Morgan fingerprint density at radius 3 is 2.42 bits per heavy atom. The van der Waals surface area contributed by atoms with E-state index in [1.54, 1.807) is 0 Å². The van der Waals surface area contributed by atoms with Gasteiger partial charge in [0.25, 0.3) is 11.4 Å². The van der Waals surface area contributed by atoms with Crippen molar-refractivity contribution in [2.45, 2.75) is 19.3 Å². The van der Waals surface area contributed by atoms with E-state index in [0.717, 1.165) is 18.9 Å². The molecule has 1 aliphatic heterocycles. The minimum absolute atomic E-state index is 0.158. The summed E-state index contributed by atoms with van der Waals surface area (Å²) in [5.74, 6) is 0.334. The molecule has 0 radical (unpaired) electrons. The van der Waals surface area contributed by atoms with Gasteiger partial charge >= 0.3 is 0 Å². The van der Waals surface area contributed by atoms with E-state index in [0.29, 0.717) is 38.3 Å². The van der Waals surface area contributed by atoms with Gasteiger partial charge in [0.15, 0.2) is 0 Å². The monoisotopic (exact) mass is 334 g/mol. The first-order chi connectivity index (χ1) is 11.5. The van der Waals surface area contributed by atoms with Gasteiger partial charge in [0.05, 0.1) is 15.9 Å². The Labute approximate surface area is 138 Å². The fourth-order valence-corrected chi connectivity index (χ4v) is 3.01. The maximum Gasteiger partial charge on any atom is 0.299 e. The van der Waals surface area contributed by atoms with Crippen LogP contribution < -0.4 is 4.90 Å². The van der Waals surface area contributed by atoms with Gasteiger partial charge in [-0.2, -0.15) is 0 Å². The third-order valence-corrected chi connectivity index (χ3v) is 4.44. The third kappa shape index (κ3) is 3.29. The van der Waals surface area contributed by atoms with Crippen molar-refractivity contribution in [3.8, 4) is 0 Å². The second kappa shape index (κ2) is 6.42. The lowest BCUT2D eigenvalue weighted by Gasteiger charge is -2.23. The number of anilines is 1. The molecule has 9 nitrogen and oxygen atoms in total. The molecular formula is C15H18N4O5. The number of nitrogens with zero attached hydrogens (tertiary/aromatic N) is 4. The number of rotatable bonds is 4. The second-order valence-electron chi connectivity index (χ2n) is 6.13. The summed E-state index contributed by atoms with van der Waals surface area (Å²) in [6, 6.07) is 3.70. The molecule has 1 saturated carbocycles. The van der Waals surface area contributed by atoms with E-state index in [1.807, 2.05) is 9.80 Å². The summed E-state index contributed by atoms with van der Waals surface area (Å²) in [6.45, 7) is 2.22. The first-order valence-electron chi connectivity index (χ1n) is 7.94. The molecule has 0 unspecified atom stereocenters. The Morgan fingerprint density at radius 2 is 1.79 bits per heavy atom. The highest BCUT2D eigenvalue weighted by molar-refractivity contribution is 5.81. The molecule has 24 heavy (non-hydrogen) atoms. The highest BCUT2D eigenvalue weighted by Gasteiger charge is 2.34. The summed E-state index contributed by atoms with van der Waals surface area (Å²) in [7, 11) is 0. The van der Waals surface area contributed by atoms with E-state index in [-0.39, 0.29) is 23.2 Å². The molecule has 2 fully saturated rings. The molecule has 1 heterocycles. The molecule has 1 saturated heterocycles. The largest absolute Gasteiger partial charge is 0.364 e. The van der Waals surface area contributed by atoms with Crippen LogP contribution in [0.1, 0.15) is 19.3 Å². The van der Waals surface area contributed by atoms with Crippen LogP contribution in [0.15, 0.2) is 18.2 Å². The topological polar surface area (TPSA) is 110 Å². The summed E-state index contributed by atoms with van der Waals surface area (Å²) in [5, 5.41) is 22.1. The molecule has 0 N–H and O–H groups in total. The van der Waals surface area contributed by atoms with E-state index < -0.39 is 9.85 Å². The number of carbonyl (C=O) groups excluding carboxylic acids is 1. The standard InChI is InChI=1S/C15H18N4O5/c20-15(11-2-3-11)17-7-1-6-16(8-9-17)13-5-4-12(18(21)22)10-14(13)19(23)24/h4-5,10-11H,1-3,6-9H2. The van der Waals surface area contributed by atoms with Gasteiger partial charge in [-0.15, -0.1) is 0 Å². The van der Waals surface area contributed by atoms with Gasteiger partial charge in [-0.3, -0.25) is 25.0 Å². The molecule has 0 spiro atoms. The predicted molar refractivity (Wildman–Crippen MR) is 85.9 cm³/mol. The fraction of sp³-hybridized carbons (Fsp3) is 0.533. The Morgan fingerprint density at radius 1 is 1.04 bits per heavy atom. The van der Waals surface area contributed by atoms with Crippen LogP contribution in [0.5, 0.6) is 0 Å². The predicted octanol–water partition coefficient (Wildman–Crippen LogP) is 1.95. The van der Waals surface area contributed by atoms with E-state index in [9.17, 15) is 25.0 Å². The Hall–Kier alpha value is -2.71. The molecule has 0 bridgehead atoms. The molecule has 0 aromatic heterocycles. The second-order valence-corrected chi connectivity index (χ2v) is 6.13. The van der Waals surface area contributed by atoms with Crippen molar-refractivity contribution in [1.29, 1.82) is 0 Å². The molecule has 0 atom stereocenters. The van der Waals surface area contributed by atoms with Gasteiger partial charge in [-0.1, -0.05) is 0 Å². The minimum atomic E-state index is -0.644. The van der Waals surface area contributed by atoms with E-state index in [1.165, 1.54) is 12.1 Å². The number of non-ortho nitro benzene ring substituents is 1. The van der Waals surface area contributed by atoms with Crippen molar-refractivity contribution in [3.05, 3.63) is 38.4 Å². The van der Waals surface area contributed by atoms with Gasteiger partial charge in [0.1, 0.15) is 5.69 Å². The van der Waals surface area contributed by atoms with Crippen LogP contribution in [-0.4, -0.2) is 46.8 Å². The summed E-state index contributed by atoms with van der Waals surface area (Å²) in [5.41, 5.74) is -0.205. The van der Waals surface area contributed by atoms with E-state index >= 15 is 0 Å².